The topological polar surface area (TPSA) is 125 Å². The van der Waals surface area contributed by atoms with E-state index >= 15 is 0 Å². The van der Waals surface area contributed by atoms with Crippen LogP contribution in [0.4, 0.5) is 4.79 Å². The normalized spacial score (nSPS) is 20.2. The van der Waals surface area contributed by atoms with Gasteiger partial charge < -0.3 is 24.4 Å². The summed E-state index contributed by atoms with van der Waals surface area (Å²) >= 11 is 0. The van der Waals surface area contributed by atoms with Crippen LogP contribution in [0.5, 0.6) is 5.75 Å². The maximum absolute atomic E-state index is 13.2. The Morgan fingerprint density at radius 1 is 1.05 bits per heavy atom. The third-order valence-corrected chi connectivity index (χ3v) is 7.64. The number of aromatic nitrogens is 3. The SMILES string of the molecule is CNC(=O)/C=C/c1ccc(-c2cc3ccc(=O)n(C4C[C@H]5CC[C@@H](C4)N5C(=O)OC(C)(C)C)c3nn2)c(OCOC)c1. The number of methoxy groups -OCH3 is 1. The molecule has 42 heavy (non-hydrogen) atoms. The van der Waals surface area contributed by atoms with Crippen LogP contribution in [-0.4, -0.2) is 70.3 Å². The lowest BCUT2D eigenvalue weighted by Gasteiger charge is -2.40. The van der Waals surface area contributed by atoms with Gasteiger partial charge in [-0.2, -0.15) is 0 Å². The second-order valence-electron chi connectivity index (χ2n) is 11.7. The number of fused-ring (bicyclic) bond motifs is 3. The van der Waals surface area contributed by atoms with Crippen molar-refractivity contribution in [2.75, 3.05) is 21.0 Å². The van der Waals surface area contributed by atoms with Gasteiger partial charge in [-0.05, 0) is 82.4 Å². The number of carbonyl (C=O) groups excluding carboxylic acids is 2. The second-order valence-corrected chi connectivity index (χ2v) is 11.7. The quantitative estimate of drug-likeness (QED) is 0.327. The summed E-state index contributed by atoms with van der Waals surface area (Å²) in [6.45, 7) is 5.63. The zero-order chi connectivity index (χ0) is 30.0. The Labute approximate surface area is 244 Å². The van der Waals surface area contributed by atoms with Crippen LogP contribution in [0.3, 0.4) is 0 Å². The van der Waals surface area contributed by atoms with Crippen molar-refractivity contribution in [3.63, 3.8) is 0 Å². The molecule has 2 saturated heterocycles. The molecule has 11 nitrogen and oxygen atoms in total. The van der Waals surface area contributed by atoms with E-state index in [1.165, 1.54) is 13.2 Å². The number of carbonyl (C=O) groups is 2. The van der Waals surface area contributed by atoms with Gasteiger partial charge in [0.15, 0.2) is 12.4 Å². The number of rotatable bonds is 7. The number of benzene rings is 1. The molecular weight excluding hydrogens is 538 g/mol. The van der Waals surface area contributed by atoms with Gasteiger partial charge in [0.25, 0.3) is 5.56 Å². The number of pyridine rings is 1. The lowest BCUT2D eigenvalue weighted by molar-refractivity contribution is -0.116. The summed E-state index contributed by atoms with van der Waals surface area (Å²) in [5.41, 5.74) is 1.83. The van der Waals surface area contributed by atoms with E-state index in [9.17, 15) is 14.4 Å². The second kappa shape index (κ2) is 11.9. The average Bonchev–Trinajstić information content (AvgIpc) is 3.23. The van der Waals surface area contributed by atoms with Crippen LogP contribution in [0.1, 0.15) is 58.1 Å². The Hall–Kier alpha value is -4.25. The summed E-state index contributed by atoms with van der Waals surface area (Å²) in [6, 6.07) is 10.6. The van der Waals surface area contributed by atoms with Crippen LogP contribution in [0.25, 0.3) is 28.4 Å². The van der Waals surface area contributed by atoms with E-state index in [2.05, 4.69) is 15.5 Å². The molecule has 2 aromatic heterocycles. The van der Waals surface area contributed by atoms with Gasteiger partial charge in [0.05, 0.1) is 5.69 Å². The molecule has 2 fully saturated rings. The Morgan fingerprint density at radius 2 is 1.79 bits per heavy atom. The highest BCUT2D eigenvalue weighted by atomic mass is 16.7. The van der Waals surface area contributed by atoms with Crippen LogP contribution >= 0.6 is 0 Å². The average molecular weight is 576 g/mol. The van der Waals surface area contributed by atoms with Gasteiger partial charge >= 0.3 is 6.09 Å². The van der Waals surface area contributed by atoms with E-state index in [4.69, 9.17) is 14.2 Å². The number of nitrogens with one attached hydrogen (secondary N) is 1. The first kappa shape index (κ1) is 29.2. The number of hydrogen-bond acceptors (Lipinski definition) is 8. The molecule has 0 spiro atoms. The lowest BCUT2D eigenvalue weighted by Crippen LogP contribution is -2.49. The van der Waals surface area contributed by atoms with Gasteiger partial charge in [-0.25, -0.2) is 4.79 Å². The van der Waals surface area contributed by atoms with Crippen molar-refractivity contribution in [2.45, 2.75) is 70.2 Å². The van der Waals surface area contributed by atoms with Crippen LogP contribution in [-0.2, 0) is 14.3 Å². The van der Waals surface area contributed by atoms with Crippen LogP contribution < -0.4 is 15.6 Å². The van der Waals surface area contributed by atoms with Crippen molar-refractivity contribution in [3.8, 4) is 17.0 Å². The summed E-state index contributed by atoms with van der Waals surface area (Å²) in [4.78, 5) is 39.6. The maximum atomic E-state index is 13.2. The van der Waals surface area contributed by atoms with Crippen LogP contribution in [0, 0.1) is 0 Å². The molecule has 2 bridgehead atoms. The molecule has 3 aromatic rings. The fraction of sp³-hybridized carbons (Fsp3) is 0.452. The van der Waals surface area contributed by atoms with Gasteiger partial charge in [0.2, 0.25) is 5.91 Å². The zero-order valence-electron chi connectivity index (χ0n) is 24.6. The third kappa shape index (κ3) is 6.15. The Bertz CT molecular complexity index is 1560. The predicted molar refractivity (Wildman–Crippen MR) is 158 cm³/mol. The van der Waals surface area contributed by atoms with Gasteiger partial charge in [-0.3, -0.25) is 14.2 Å². The van der Waals surface area contributed by atoms with E-state index in [-0.39, 0.29) is 42.5 Å². The van der Waals surface area contributed by atoms with Crippen molar-refractivity contribution < 1.29 is 23.8 Å². The van der Waals surface area contributed by atoms with Crippen molar-refractivity contribution in [3.05, 3.63) is 58.4 Å². The van der Waals surface area contributed by atoms with Crippen LogP contribution in [0.2, 0.25) is 0 Å². The first-order valence-electron chi connectivity index (χ1n) is 14.1. The van der Waals surface area contributed by atoms with Crippen LogP contribution in [0.15, 0.2) is 47.3 Å². The summed E-state index contributed by atoms with van der Waals surface area (Å²) < 4.78 is 18.4. The van der Waals surface area contributed by atoms with Crippen molar-refractivity contribution in [1.29, 1.82) is 0 Å². The van der Waals surface area contributed by atoms with E-state index in [0.717, 1.165) is 23.8 Å². The monoisotopic (exact) mass is 575 g/mol. The molecule has 2 aliphatic rings. The number of ether oxygens (including phenoxy) is 3. The molecular formula is C31H37N5O6. The summed E-state index contributed by atoms with van der Waals surface area (Å²) in [7, 11) is 3.10. The molecule has 5 rings (SSSR count). The molecule has 0 aliphatic carbocycles. The first-order chi connectivity index (χ1) is 20.1. The minimum Gasteiger partial charge on any atom is -0.467 e. The zero-order valence-corrected chi connectivity index (χ0v) is 24.6. The fourth-order valence-corrected chi connectivity index (χ4v) is 5.86. The highest BCUT2D eigenvalue weighted by Crippen LogP contribution is 2.42. The minimum atomic E-state index is -0.565. The molecule has 0 radical (unpaired) electrons. The molecule has 222 valence electrons. The van der Waals surface area contributed by atoms with E-state index < -0.39 is 5.60 Å². The number of likely N-dealkylation sites (N-methyl/N-ethyl adjacent to an activating group) is 1. The predicted octanol–water partition coefficient (Wildman–Crippen LogP) is 4.30. The summed E-state index contributed by atoms with van der Waals surface area (Å²) in [5, 5.41) is 12.4. The molecule has 1 aromatic carbocycles. The molecule has 2 amide bonds. The lowest BCUT2D eigenvalue weighted by atomic mass is 9.97. The minimum absolute atomic E-state index is 0.00875. The van der Waals surface area contributed by atoms with Gasteiger partial charge in [-0.15, -0.1) is 10.2 Å². The van der Waals surface area contributed by atoms with Crippen molar-refractivity contribution in [2.24, 2.45) is 0 Å². The van der Waals surface area contributed by atoms with Gasteiger partial charge in [0, 0.05) is 55.4 Å². The fourth-order valence-electron chi connectivity index (χ4n) is 5.86. The van der Waals surface area contributed by atoms with Crippen molar-refractivity contribution >= 4 is 29.1 Å². The van der Waals surface area contributed by atoms with E-state index in [1.54, 1.807) is 35.9 Å². The summed E-state index contributed by atoms with van der Waals surface area (Å²) in [6.07, 6.45) is 5.91. The molecule has 3 atom stereocenters. The number of amides is 2. The largest absolute Gasteiger partial charge is 0.467 e. The Balaban J connectivity index is 1.45. The molecule has 1 N–H and O–H groups in total. The highest BCUT2D eigenvalue weighted by Gasteiger charge is 2.45. The van der Waals surface area contributed by atoms with E-state index in [0.29, 0.717) is 35.5 Å². The van der Waals surface area contributed by atoms with Gasteiger partial charge in [-0.1, -0.05) is 6.07 Å². The highest BCUT2D eigenvalue weighted by molar-refractivity contribution is 5.91. The van der Waals surface area contributed by atoms with E-state index in [1.807, 2.05) is 43.9 Å². The standard InChI is InChI=1S/C31H37N5O6/c1-31(2,3)42-30(39)35-21-9-10-22(35)17-23(16-21)36-28(38)13-8-20-15-25(33-34-29(20)36)24-11-6-19(7-12-27(37)32-4)14-26(24)41-18-40-5/h6-8,11-15,21-23H,9-10,16-18H2,1-5H3,(H,32,37)/b12-7+/t21-,22+,23?. The molecule has 1 unspecified atom stereocenters. The Morgan fingerprint density at radius 3 is 2.45 bits per heavy atom. The van der Waals surface area contributed by atoms with Crippen molar-refractivity contribution in [1.82, 2.24) is 25.0 Å². The molecule has 11 heteroatoms. The first-order valence-corrected chi connectivity index (χ1v) is 14.1. The third-order valence-electron chi connectivity index (χ3n) is 7.64. The molecule has 2 aliphatic heterocycles. The maximum Gasteiger partial charge on any atom is 0.410 e. The number of hydrogen-bond donors (Lipinski definition) is 1. The Kier molecular flexibility index (Phi) is 8.31. The molecule has 0 saturated carbocycles. The smallest absolute Gasteiger partial charge is 0.410 e. The number of nitrogens with zero attached hydrogens (tertiary/aromatic N) is 4. The van der Waals surface area contributed by atoms with Gasteiger partial charge in [0.1, 0.15) is 11.4 Å². The summed E-state index contributed by atoms with van der Waals surface area (Å²) in [5.74, 6) is 0.303. The molecule has 4 heterocycles. The number of piperidine rings is 1.